The molecule has 1 aromatic rings. The third-order valence-corrected chi connectivity index (χ3v) is 5.14. The van der Waals surface area contributed by atoms with Crippen LogP contribution in [0.4, 0.5) is 0 Å². The molecule has 0 bridgehead atoms. The number of rotatable bonds is 4. The van der Waals surface area contributed by atoms with Gasteiger partial charge < -0.3 is 14.6 Å². The fourth-order valence-electron chi connectivity index (χ4n) is 3.67. The fourth-order valence-corrected chi connectivity index (χ4v) is 4.02. The van der Waals surface area contributed by atoms with Gasteiger partial charge in [0.25, 0.3) is 0 Å². The minimum absolute atomic E-state index is 0.0297. The van der Waals surface area contributed by atoms with Crippen LogP contribution in [0.2, 0.25) is 5.02 Å². The van der Waals surface area contributed by atoms with Gasteiger partial charge in [-0.1, -0.05) is 11.6 Å². The molecule has 3 aliphatic rings. The Morgan fingerprint density at radius 1 is 1.19 bits per heavy atom. The van der Waals surface area contributed by atoms with E-state index in [4.69, 9.17) is 21.1 Å². The number of aliphatic carboxylic acids is 1. The minimum atomic E-state index is -0.749. The van der Waals surface area contributed by atoms with Crippen LogP contribution >= 0.6 is 11.6 Å². The molecule has 0 radical (unpaired) electrons. The van der Waals surface area contributed by atoms with Crippen LogP contribution in [0.5, 0.6) is 11.5 Å². The highest BCUT2D eigenvalue weighted by molar-refractivity contribution is 6.33. The molecule has 0 spiro atoms. The Bertz CT molecular complexity index is 586. The Morgan fingerprint density at radius 3 is 2.52 bits per heavy atom. The van der Waals surface area contributed by atoms with Crippen LogP contribution in [0.15, 0.2) is 0 Å². The Labute approximate surface area is 128 Å². The van der Waals surface area contributed by atoms with Gasteiger partial charge in [-0.15, -0.1) is 0 Å². The van der Waals surface area contributed by atoms with E-state index in [9.17, 15) is 9.90 Å². The number of fused-ring (bicyclic) bond motifs is 2. The molecule has 1 saturated carbocycles. The van der Waals surface area contributed by atoms with Gasteiger partial charge in [0.2, 0.25) is 0 Å². The van der Waals surface area contributed by atoms with Crippen LogP contribution in [0.3, 0.4) is 0 Å². The summed E-state index contributed by atoms with van der Waals surface area (Å²) in [6, 6.07) is 0. The maximum absolute atomic E-state index is 11.3. The maximum atomic E-state index is 11.3. The highest BCUT2D eigenvalue weighted by atomic mass is 35.5. The second-order valence-corrected chi connectivity index (χ2v) is 6.46. The zero-order chi connectivity index (χ0) is 14.6. The molecule has 1 unspecified atom stereocenters. The summed E-state index contributed by atoms with van der Waals surface area (Å²) in [5, 5.41) is 9.95. The van der Waals surface area contributed by atoms with E-state index in [1.54, 1.807) is 0 Å². The lowest BCUT2D eigenvalue weighted by atomic mass is 9.84. The molecule has 1 fully saturated rings. The number of benzene rings is 1. The Hall–Kier alpha value is -1.42. The molecule has 21 heavy (non-hydrogen) atoms. The summed E-state index contributed by atoms with van der Waals surface area (Å²) >= 11 is 6.46. The van der Waals surface area contributed by atoms with Crippen molar-refractivity contribution in [2.75, 3.05) is 13.2 Å². The summed E-state index contributed by atoms with van der Waals surface area (Å²) in [6.07, 6.45) is 3.94. The van der Waals surface area contributed by atoms with Crippen LogP contribution < -0.4 is 9.47 Å². The van der Waals surface area contributed by atoms with E-state index in [1.165, 1.54) is 0 Å². The van der Waals surface area contributed by atoms with Gasteiger partial charge in [0.05, 0.1) is 24.7 Å². The lowest BCUT2D eigenvalue weighted by molar-refractivity contribution is -0.137. The summed E-state index contributed by atoms with van der Waals surface area (Å²) in [4.78, 5) is 11.3. The quantitative estimate of drug-likeness (QED) is 0.928. The Kier molecular flexibility index (Phi) is 3.03. The van der Waals surface area contributed by atoms with Gasteiger partial charge >= 0.3 is 5.97 Å². The van der Waals surface area contributed by atoms with Crippen LogP contribution in [0.1, 0.15) is 41.9 Å². The van der Waals surface area contributed by atoms with Crippen molar-refractivity contribution in [3.05, 3.63) is 21.7 Å². The van der Waals surface area contributed by atoms with Gasteiger partial charge in [-0.05, 0) is 18.8 Å². The lowest BCUT2D eigenvalue weighted by Crippen LogP contribution is -2.12. The van der Waals surface area contributed by atoms with E-state index >= 15 is 0 Å². The molecular weight excluding hydrogens is 292 g/mol. The van der Waals surface area contributed by atoms with Crippen LogP contribution in [-0.4, -0.2) is 24.3 Å². The predicted octanol–water partition coefficient (Wildman–Crippen LogP) is 3.18. The minimum Gasteiger partial charge on any atom is -0.493 e. The molecule has 0 aromatic heterocycles. The van der Waals surface area contributed by atoms with Crippen LogP contribution in [0.25, 0.3) is 0 Å². The summed E-state index contributed by atoms with van der Waals surface area (Å²) in [5.74, 6) is 1.36. The molecule has 0 amide bonds. The van der Waals surface area contributed by atoms with Crippen molar-refractivity contribution >= 4 is 17.6 Å². The zero-order valence-electron chi connectivity index (χ0n) is 11.7. The monoisotopic (exact) mass is 308 g/mol. The summed E-state index contributed by atoms with van der Waals surface area (Å²) < 4.78 is 11.6. The zero-order valence-corrected chi connectivity index (χ0v) is 12.4. The standard InChI is InChI=1S/C16H17ClO4/c17-14-10-4-6-20-15(10)13(9-3-5-21-16(9)14)11(7-12(18)19)8-1-2-8/h8,11H,1-7H2,(H,18,19). The van der Waals surface area contributed by atoms with Crippen molar-refractivity contribution in [1.29, 1.82) is 0 Å². The molecular formula is C16H17ClO4. The first-order chi connectivity index (χ1) is 10.2. The first-order valence-electron chi connectivity index (χ1n) is 7.51. The summed E-state index contributed by atoms with van der Waals surface area (Å²) in [5.41, 5.74) is 3.16. The van der Waals surface area contributed by atoms with E-state index in [0.717, 1.165) is 53.9 Å². The number of carboxylic acid groups (broad SMARTS) is 1. The van der Waals surface area contributed by atoms with Gasteiger partial charge in [-0.2, -0.15) is 0 Å². The van der Waals surface area contributed by atoms with Crippen LogP contribution in [-0.2, 0) is 17.6 Å². The highest BCUT2D eigenvalue weighted by Gasteiger charge is 2.41. The lowest BCUT2D eigenvalue weighted by Gasteiger charge is -2.22. The molecule has 112 valence electrons. The summed E-state index contributed by atoms with van der Waals surface area (Å²) in [6.45, 7) is 1.24. The van der Waals surface area contributed by atoms with Crippen LogP contribution in [0, 0.1) is 5.92 Å². The number of ether oxygens (including phenoxy) is 2. The number of halogens is 1. The van der Waals surface area contributed by atoms with E-state index in [-0.39, 0.29) is 12.3 Å². The third kappa shape index (κ3) is 2.08. The third-order valence-electron chi connectivity index (χ3n) is 4.74. The number of hydrogen-bond acceptors (Lipinski definition) is 3. The Balaban J connectivity index is 1.89. The van der Waals surface area contributed by atoms with E-state index in [2.05, 4.69) is 0 Å². The Morgan fingerprint density at radius 2 is 1.86 bits per heavy atom. The van der Waals surface area contributed by atoms with E-state index in [0.29, 0.717) is 24.2 Å². The number of hydrogen-bond donors (Lipinski definition) is 1. The van der Waals surface area contributed by atoms with Crippen molar-refractivity contribution in [2.45, 2.75) is 38.0 Å². The average molecular weight is 309 g/mol. The van der Waals surface area contributed by atoms with Crippen molar-refractivity contribution in [3.63, 3.8) is 0 Å². The smallest absolute Gasteiger partial charge is 0.303 e. The first kappa shape index (κ1) is 13.3. The maximum Gasteiger partial charge on any atom is 0.303 e. The molecule has 1 N–H and O–H groups in total. The summed E-state index contributed by atoms with van der Waals surface area (Å²) in [7, 11) is 0. The van der Waals surface area contributed by atoms with Gasteiger partial charge in [0, 0.05) is 35.4 Å². The van der Waals surface area contributed by atoms with Crippen molar-refractivity contribution < 1.29 is 19.4 Å². The molecule has 4 rings (SSSR count). The van der Waals surface area contributed by atoms with Gasteiger partial charge in [0.15, 0.2) is 0 Å². The van der Waals surface area contributed by atoms with Crippen molar-refractivity contribution in [3.8, 4) is 11.5 Å². The molecule has 1 aromatic carbocycles. The molecule has 1 atom stereocenters. The van der Waals surface area contributed by atoms with E-state index < -0.39 is 5.97 Å². The van der Waals surface area contributed by atoms with Gasteiger partial charge in [0.1, 0.15) is 11.5 Å². The van der Waals surface area contributed by atoms with Gasteiger partial charge in [-0.3, -0.25) is 4.79 Å². The van der Waals surface area contributed by atoms with Crippen molar-refractivity contribution in [1.82, 2.24) is 0 Å². The second kappa shape index (κ2) is 4.80. The molecule has 2 heterocycles. The SMILES string of the molecule is O=C(O)CC(c1c2c(c(Cl)c3c1OCC3)OCC2)C1CC1. The molecule has 5 heteroatoms. The molecule has 4 nitrogen and oxygen atoms in total. The molecule has 1 aliphatic carbocycles. The topological polar surface area (TPSA) is 55.8 Å². The van der Waals surface area contributed by atoms with E-state index in [1.807, 2.05) is 0 Å². The first-order valence-corrected chi connectivity index (χ1v) is 7.89. The second-order valence-electron chi connectivity index (χ2n) is 6.08. The molecule has 0 saturated heterocycles. The fraction of sp³-hybridized carbons (Fsp3) is 0.562. The van der Waals surface area contributed by atoms with Gasteiger partial charge in [-0.25, -0.2) is 0 Å². The average Bonchev–Trinajstić information content (AvgIpc) is 2.98. The molecule has 2 aliphatic heterocycles. The number of carbonyl (C=O) groups is 1. The normalized spacial score (nSPS) is 20.4. The number of carboxylic acids is 1. The predicted molar refractivity (Wildman–Crippen MR) is 77.6 cm³/mol. The highest BCUT2D eigenvalue weighted by Crippen LogP contribution is 2.55. The largest absolute Gasteiger partial charge is 0.493 e. The van der Waals surface area contributed by atoms with Crippen molar-refractivity contribution in [2.24, 2.45) is 5.92 Å².